The molecule has 2 nitrogen and oxygen atoms in total. The summed E-state index contributed by atoms with van der Waals surface area (Å²) in [6.45, 7) is 7.94. The van der Waals surface area contributed by atoms with Gasteiger partial charge in [-0.15, -0.1) is 11.3 Å². The quantitative estimate of drug-likeness (QED) is 0.797. The van der Waals surface area contributed by atoms with Crippen LogP contribution in [0.3, 0.4) is 0 Å². The van der Waals surface area contributed by atoms with Crippen molar-refractivity contribution in [1.29, 1.82) is 0 Å². The van der Waals surface area contributed by atoms with Crippen LogP contribution in [-0.4, -0.2) is 18.3 Å². The second-order valence-corrected chi connectivity index (χ2v) is 7.73. The molecule has 0 aliphatic rings. The Labute approximate surface area is 117 Å². The van der Waals surface area contributed by atoms with E-state index in [0.29, 0.717) is 6.04 Å². The van der Waals surface area contributed by atoms with E-state index in [2.05, 4.69) is 54.2 Å². The van der Waals surface area contributed by atoms with E-state index in [1.165, 1.54) is 8.66 Å². The van der Waals surface area contributed by atoms with Crippen LogP contribution in [-0.2, 0) is 0 Å². The molecular formula is C13H22BrNOS. The van der Waals surface area contributed by atoms with Crippen molar-refractivity contribution >= 4 is 27.3 Å². The number of halogens is 1. The van der Waals surface area contributed by atoms with Gasteiger partial charge in [0.1, 0.15) is 0 Å². The molecule has 0 aliphatic carbocycles. The molecule has 1 aromatic rings. The van der Waals surface area contributed by atoms with Crippen LogP contribution in [0.5, 0.6) is 0 Å². The van der Waals surface area contributed by atoms with Gasteiger partial charge in [-0.05, 0) is 53.2 Å². The average molecular weight is 320 g/mol. The molecule has 0 aliphatic heterocycles. The van der Waals surface area contributed by atoms with Gasteiger partial charge in [0.05, 0.1) is 3.79 Å². The molecular weight excluding hydrogens is 298 g/mol. The number of aliphatic hydroxyl groups excluding tert-OH is 1. The van der Waals surface area contributed by atoms with Crippen molar-refractivity contribution in [2.24, 2.45) is 5.41 Å². The van der Waals surface area contributed by atoms with Gasteiger partial charge in [0.15, 0.2) is 0 Å². The van der Waals surface area contributed by atoms with Crippen molar-refractivity contribution in [2.45, 2.75) is 39.7 Å². The van der Waals surface area contributed by atoms with E-state index in [9.17, 15) is 0 Å². The lowest BCUT2D eigenvalue weighted by atomic mass is 9.87. The summed E-state index contributed by atoms with van der Waals surface area (Å²) in [5.41, 5.74) is 0.242. The van der Waals surface area contributed by atoms with Crippen LogP contribution < -0.4 is 5.32 Å². The topological polar surface area (TPSA) is 32.3 Å². The molecule has 1 heterocycles. The fraction of sp³-hybridized carbons (Fsp3) is 0.692. The van der Waals surface area contributed by atoms with Gasteiger partial charge >= 0.3 is 0 Å². The zero-order valence-corrected chi connectivity index (χ0v) is 13.2. The van der Waals surface area contributed by atoms with Crippen molar-refractivity contribution in [3.8, 4) is 0 Å². The van der Waals surface area contributed by atoms with Crippen LogP contribution in [0.15, 0.2) is 15.9 Å². The molecule has 0 spiro atoms. The lowest BCUT2D eigenvalue weighted by molar-refractivity contribution is 0.233. The van der Waals surface area contributed by atoms with Gasteiger partial charge in [0, 0.05) is 24.1 Å². The Bertz CT molecular complexity index is 338. The highest BCUT2D eigenvalue weighted by molar-refractivity contribution is 9.11. The van der Waals surface area contributed by atoms with Gasteiger partial charge in [-0.1, -0.05) is 13.8 Å². The molecule has 98 valence electrons. The molecule has 4 heteroatoms. The largest absolute Gasteiger partial charge is 0.396 e. The van der Waals surface area contributed by atoms with E-state index in [1.54, 1.807) is 11.3 Å². The molecule has 0 fully saturated rings. The van der Waals surface area contributed by atoms with E-state index in [4.69, 9.17) is 5.11 Å². The highest BCUT2D eigenvalue weighted by Crippen LogP contribution is 2.28. The summed E-state index contributed by atoms with van der Waals surface area (Å²) >= 11 is 5.27. The van der Waals surface area contributed by atoms with E-state index >= 15 is 0 Å². The summed E-state index contributed by atoms with van der Waals surface area (Å²) in [5.74, 6) is 0. The van der Waals surface area contributed by atoms with Gasteiger partial charge in [0.25, 0.3) is 0 Å². The molecule has 0 radical (unpaired) electrons. The molecule has 1 aromatic heterocycles. The van der Waals surface area contributed by atoms with Crippen LogP contribution in [0.1, 0.15) is 44.5 Å². The fourth-order valence-electron chi connectivity index (χ4n) is 1.74. The standard InChI is InChI=1S/C13H22BrNOS/c1-10(11-5-6-12(14)17-11)15-9-13(2,3)7-4-8-16/h5-6,10,15-16H,4,7-9H2,1-3H3. The zero-order chi connectivity index (χ0) is 12.9. The number of hydrogen-bond acceptors (Lipinski definition) is 3. The molecule has 17 heavy (non-hydrogen) atoms. The molecule has 0 saturated heterocycles. The van der Waals surface area contributed by atoms with Crippen LogP contribution in [0.25, 0.3) is 0 Å². The number of aliphatic hydroxyl groups is 1. The van der Waals surface area contributed by atoms with E-state index < -0.39 is 0 Å². The summed E-state index contributed by atoms with van der Waals surface area (Å²) in [4.78, 5) is 1.36. The first-order chi connectivity index (χ1) is 7.94. The van der Waals surface area contributed by atoms with Gasteiger partial charge in [0.2, 0.25) is 0 Å². The minimum atomic E-state index is 0.242. The number of nitrogens with one attached hydrogen (secondary N) is 1. The minimum absolute atomic E-state index is 0.242. The lowest BCUT2D eigenvalue weighted by Crippen LogP contribution is -2.31. The normalized spacial score (nSPS) is 13.9. The third kappa shape index (κ3) is 5.51. The van der Waals surface area contributed by atoms with Crippen molar-refractivity contribution in [3.63, 3.8) is 0 Å². The fourth-order valence-corrected chi connectivity index (χ4v) is 3.19. The summed E-state index contributed by atoms with van der Waals surface area (Å²) in [5, 5.41) is 12.4. The molecule has 1 unspecified atom stereocenters. The third-order valence-electron chi connectivity index (χ3n) is 2.92. The van der Waals surface area contributed by atoms with Gasteiger partial charge < -0.3 is 10.4 Å². The highest BCUT2D eigenvalue weighted by atomic mass is 79.9. The number of rotatable bonds is 7. The first kappa shape index (κ1) is 15.2. The van der Waals surface area contributed by atoms with Gasteiger partial charge in [-0.3, -0.25) is 0 Å². The molecule has 0 saturated carbocycles. The number of thiophene rings is 1. The lowest BCUT2D eigenvalue weighted by Gasteiger charge is -2.26. The second kappa shape index (κ2) is 6.88. The van der Waals surface area contributed by atoms with Crippen LogP contribution >= 0.6 is 27.3 Å². The van der Waals surface area contributed by atoms with E-state index in [0.717, 1.165) is 19.4 Å². The predicted octanol–water partition coefficient (Wildman–Crippen LogP) is 3.96. The van der Waals surface area contributed by atoms with Crippen LogP contribution in [0.2, 0.25) is 0 Å². The first-order valence-corrected chi connectivity index (χ1v) is 7.65. The molecule has 0 aromatic carbocycles. The van der Waals surface area contributed by atoms with Crippen molar-refractivity contribution in [2.75, 3.05) is 13.2 Å². The maximum absolute atomic E-state index is 8.86. The minimum Gasteiger partial charge on any atom is -0.396 e. The molecule has 0 bridgehead atoms. The average Bonchev–Trinajstić information content (AvgIpc) is 2.70. The summed E-state index contributed by atoms with van der Waals surface area (Å²) in [6, 6.07) is 4.64. The van der Waals surface area contributed by atoms with Crippen molar-refractivity contribution in [1.82, 2.24) is 5.32 Å². The van der Waals surface area contributed by atoms with Gasteiger partial charge in [-0.2, -0.15) is 0 Å². The Morgan fingerprint density at radius 2 is 2.18 bits per heavy atom. The predicted molar refractivity (Wildman–Crippen MR) is 78.5 cm³/mol. The van der Waals surface area contributed by atoms with Crippen molar-refractivity contribution in [3.05, 3.63) is 20.8 Å². The molecule has 0 amide bonds. The molecule has 1 atom stereocenters. The van der Waals surface area contributed by atoms with E-state index in [1.807, 2.05) is 0 Å². The maximum Gasteiger partial charge on any atom is 0.0701 e. The highest BCUT2D eigenvalue weighted by Gasteiger charge is 2.18. The van der Waals surface area contributed by atoms with Crippen LogP contribution in [0, 0.1) is 5.41 Å². The Hall–Kier alpha value is 0.1000. The van der Waals surface area contributed by atoms with Crippen molar-refractivity contribution < 1.29 is 5.11 Å². The zero-order valence-electron chi connectivity index (χ0n) is 10.8. The Balaban J connectivity index is 2.39. The Kier molecular flexibility index (Phi) is 6.13. The Morgan fingerprint density at radius 3 is 2.71 bits per heavy atom. The number of hydrogen-bond donors (Lipinski definition) is 2. The summed E-state index contributed by atoms with van der Waals surface area (Å²) in [7, 11) is 0. The molecule has 2 N–H and O–H groups in total. The smallest absolute Gasteiger partial charge is 0.0701 e. The summed E-state index contributed by atoms with van der Waals surface area (Å²) in [6.07, 6.45) is 1.94. The first-order valence-electron chi connectivity index (χ1n) is 6.04. The Morgan fingerprint density at radius 1 is 1.47 bits per heavy atom. The van der Waals surface area contributed by atoms with E-state index in [-0.39, 0.29) is 12.0 Å². The SMILES string of the molecule is CC(NCC(C)(C)CCCO)c1ccc(Br)s1. The van der Waals surface area contributed by atoms with Gasteiger partial charge in [-0.25, -0.2) is 0 Å². The molecule has 1 rings (SSSR count). The monoisotopic (exact) mass is 319 g/mol. The van der Waals surface area contributed by atoms with Crippen LogP contribution in [0.4, 0.5) is 0 Å². The maximum atomic E-state index is 8.86. The second-order valence-electron chi connectivity index (χ2n) is 5.24. The third-order valence-corrected chi connectivity index (χ3v) is 4.73. The summed E-state index contributed by atoms with van der Waals surface area (Å²) < 4.78 is 1.18.